The second-order valence-electron chi connectivity index (χ2n) is 4.99. The highest BCUT2D eigenvalue weighted by Crippen LogP contribution is 2.19. The van der Waals surface area contributed by atoms with Crippen LogP contribution in [0.25, 0.3) is 0 Å². The fraction of sp³-hybridized carbons (Fsp3) is 0.125. The van der Waals surface area contributed by atoms with Crippen molar-refractivity contribution in [3.63, 3.8) is 0 Å². The first-order valence-electron chi connectivity index (χ1n) is 6.93. The average molecular weight is 331 g/mol. The molecule has 0 saturated heterocycles. The van der Waals surface area contributed by atoms with E-state index in [1.54, 1.807) is 0 Å². The molecule has 1 N–H and O–H groups in total. The van der Waals surface area contributed by atoms with E-state index in [9.17, 15) is 24.1 Å². The lowest BCUT2D eigenvalue weighted by Gasteiger charge is -2.16. The number of benzene rings is 2. The number of hydrogen-bond donors (Lipinski definition) is 1. The molecule has 0 aromatic heterocycles. The molecule has 0 aliphatic carbocycles. The molecule has 0 atom stereocenters. The van der Waals surface area contributed by atoms with Gasteiger partial charge in [-0.05, 0) is 30.3 Å². The second kappa shape index (κ2) is 7.32. The number of carbonyl (C=O) groups excluding carboxylic acids is 2. The van der Waals surface area contributed by atoms with Gasteiger partial charge in [-0.15, -0.1) is 0 Å². The molecule has 124 valence electrons. The zero-order valence-corrected chi connectivity index (χ0v) is 12.7. The minimum atomic E-state index is -0.653. The summed E-state index contributed by atoms with van der Waals surface area (Å²) < 4.78 is 12.8. The Hall–Kier alpha value is -3.29. The Balaban J connectivity index is 2.05. The molecule has 0 aliphatic heterocycles. The predicted octanol–water partition coefficient (Wildman–Crippen LogP) is 2.44. The first kappa shape index (κ1) is 17.1. The standard InChI is InChI=1S/C16H14FN3O4/c1-19(10-15(21)18-12-8-6-11(17)7-9-12)16(22)13-4-2-3-5-14(13)20(23)24/h2-9H,10H2,1H3,(H,18,21). The number of nitrogens with zero attached hydrogens (tertiary/aromatic N) is 2. The van der Waals surface area contributed by atoms with Crippen LogP contribution < -0.4 is 5.32 Å². The van der Waals surface area contributed by atoms with Crippen molar-refractivity contribution in [3.05, 3.63) is 70.0 Å². The Labute approximate surface area is 136 Å². The third-order valence-electron chi connectivity index (χ3n) is 3.19. The van der Waals surface area contributed by atoms with E-state index >= 15 is 0 Å². The van der Waals surface area contributed by atoms with E-state index < -0.39 is 22.6 Å². The number of hydrogen-bond acceptors (Lipinski definition) is 4. The van der Waals surface area contributed by atoms with Gasteiger partial charge in [-0.25, -0.2) is 4.39 Å². The lowest BCUT2D eigenvalue weighted by Crippen LogP contribution is -2.35. The summed E-state index contributed by atoms with van der Waals surface area (Å²) in [5.74, 6) is -1.58. The van der Waals surface area contributed by atoms with Crippen molar-refractivity contribution in [2.75, 3.05) is 18.9 Å². The number of carbonyl (C=O) groups is 2. The lowest BCUT2D eigenvalue weighted by atomic mass is 10.1. The molecule has 24 heavy (non-hydrogen) atoms. The molecule has 2 amide bonds. The zero-order valence-electron chi connectivity index (χ0n) is 12.7. The minimum absolute atomic E-state index is 0.0976. The number of anilines is 1. The largest absolute Gasteiger partial charge is 0.332 e. The van der Waals surface area contributed by atoms with Gasteiger partial charge in [0.05, 0.1) is 11.5 Å². The summed E-state index contributed by atoms with van der Waals surface area (Å²) in [6.07, 6.45) is 0. The minimum Gasteiger partial charge on any atom is -0.332 e. The van der Waals surface area contributed by atoms with Gasteiger partial charge < -0.3 is 10.2 Å². The number of nitro groups is 1. The van der Waals surface area contributed by atoms with Crippen LogP contribution in [0.15, 0.2) is 48.5 Å². The first-order valence-corrected chi connectivity index (χ1v) is 6.93. The monoisotopic (exact) mass is 331 g/mol. The van der Waals surface area contributed by atoms with Crippen molar-refractivity contribution >= 4 is 23.2 Å². The lowest BCUT2D eigenvalue weighted by molar-refractivity contribution is -0.385. The Morgan fingerprint density at radius 1 is 1.17 bits per heavy atom. The number of likely N-dealkylation sites (N-methyl/N-ethyl adjacent to an activating group) is 1. The van der Waals surface area contributed by atoms with Crippen LogP contribution in [-0.2, 0) is 4.79 Å². The van der Waals surface area contributed by atoms with E-state index in [0.29, 0.717) is 5.69 Å². The second-order valence-corrected chi connectivity index (χ2v) is 4.99. The molecule has 7 nitrogen and oxygen atoms in total. The first-order chi connectivity index (χ1) is 11.4. The van der Waals surface area contributed by atoms with Crippen molar-refractivity contribution in [1.29, 1.82) is 0 Å². The van der Waals surface area contributed by atoms with Crippen LogP contribution in [0, 0.1) is 15.9 Å². The van der Waals surface area contributed by atoms with Crippen molar-refractivity contribution in [1.82, 2.24) is 4.90 Å². The van der Waals surface area contributed by atoms with Crippen molar-refractivity contribution < 1.29 is 18.9 Å². The molecular weight excluding hydrogens is 317 g/mol. The Morgan fingerprint density at radius 3 is 2.42 bits per heavy atom. The van der Waals surface area contributed by atoms with Crippen LogP contribution in [0.2, 0.25) is 0 Å². The number of nitrogens with one attached hydrogen (secondary N) is 1. The van der Waals surface area contributed by atoms with Crippen LogP contribution in [-0.4, -0.2) is 35.2 Å². The number of amides is 2. The zero-order chi connectivity index (χ0) is 17.7. The highest BCUT2D eigenvalue weighted by atomic mass is 19.1. The Kier molecular flexibility index (Phi) is 5.20. The van der Waals surface area contributed by atoms with Gasteiger partial charge in [0.25, 0.3) is 11.6 Å². The molecule has 0 bridgehead atoms. The highest BCUT2D eigenvalue weighted by Gasteiger charge is 2.23. The average Bonchev–Trinajstić information content (AvgIpc) is 2.56. The van der Waals surface area contributed by atoms with Crippen molar-refractivity contribution in [3.8, 4) is 0 Å². The fourth-order valence-electron chi connectivity index (χ4n) is 2.04. The summed E-state index contributed by atoms with van der Waals surface area (Å²) in [5.41, 5.74) is -0.0409. The third-order valence-corrected chi connectivity index (χ3v) is 3.19. The topological polar surface area (TPSA) is 92.6 Å². The van der Waals surface area contributed by atoms with Crippen LogP contribution in [0.4, 0.5) is 15.8 Å². The molecule has 0 unspecified atom stereocenters. The number of para-hydroxylation sites is 1. The van der Waals surface area contributed by atoms with Crippen LogP contribution in [0.5, 0.6) is 0 Å². The number of rotatable bonds is 5. The maximum Gasteiger partial charge on any atom is 0.282 e. The quantitative estimate of drug-likeness (QED) is 0.673. The van der Waals surface area contributed by atoms with Gasteiger partial charge in [0.15, 0.2) is 0 Å². The number of halogens is 1. The normalized spacial score (nSPS) is 10.1. The molecule has 0 aliphatic rings. The summed E-state index contributed by atoms with van der Waals surface area (Å²) >= 11 is 0. The molecule has 8 heteroatoms. The van der Waals surface area contributed by atoms with E-state index in [-0.39, 0.29) is 17.8 Å². The predicted molar refractivity (Wildman–Crippen MR) is 85.1 cm³/mol. The molecule has 0 radical (unpaired) electrons. The van der Waals surface area contributed by atoms with Gasteiger partial charge in [-0.3, -0.25) is 19.7 Å². The van der Waals surface area contributed by atoms with Gasteiger partial charge in [-0.1, -0.05) is 12.1 Å². The summed E-state index contributed by atoms with van der Waals surface area (Å²) in [4.78, 5) is 35.6. The van der Waals surface area contributed by atoms with Gasteiger partial charge in [-0.2, -0.15) is 0 Å². The maximum absolute atomic E-state index is 12.8. The Bertz CT molecular complexity index is 777. The fourth-order valence-corrected chi connectivity index (χ4v) is 2.04. The summed E-state index contributed by atoms with van der Waals surface area (Å²) in [6, 6.07) is 10.7. The van der Waals surface area contributed by atoms with E-state index in [0.717, 1.165) is 4.90 Å². The van der Waals surface area contributed by atoms with Gasteiger partial charge >= 0.3 is 0 Å². The highest BCUT2D eigenvalue weighted by molar-refractivity contribution is 6.01. The van der Waals surface area contributed by atoms with Crippen LogP contribution >= 0.6 is 0 Å². The molecule has 0 fully saturated rings. The van der Waals surface area contributed by atoms with E-state index in [2.05, 4.69) is 5.32 Å². The molecule has 0 spiro atoms. The maximum atomic E-state index is 12.8. The third kappa shape index (κ3) is 4.13. The summed E-state index contributed by atoms with van der Waals surface area (Å²) in [5, 5.41) is 13.5. The smallest absolute Gasteiger partial charge is 0.282 e. The van der Waals surface area contributed by atoms with E-state index in [1.807, 2.05) is 0 Å². The SMILES string of the molecule is CN(CC(=O)Nc1ccc(F)cc1)C(=O)c1ccccc1[N+](=O)[O-]. The molecule has 2 aromatic carbocycles. The van der Waals surface area contributed by atoms with Crippen LogP contribution in [0.1, 0.15) is 10.4 Å². The molecular formula is C16H14FN3O4. The molecule has 2 aromatic rings. The summed E-state index contributed by atoms with van der Waals surface area (Å²) in [7, 11) is 1.36. The number of nitro benzene ring substituents is 1. The molecule has 0 saturated carbocycles. The van der Waals surface area contributed by atoms with Gasteiger partial charge in [0.2, 0.25) is 5.91 Å². The van der Waals surface area contributed by atoms with Crippen molar-refractivity contribution in [2.45, 2.75) is 0 Å². The Morgan fingerprint density at radius 2 is 1.79 bits per heavy atom. The summed E-state index contributed by atoms with van der Waals surface area (Å²) in [6.45, 7) is -0.303. The van der Waals surface area contributed by atoms with E-state index in [4.69, 9.17) is 0 Å². The molecule has 2 rings (SSSR count). The van der Waals surface area contributed by atoms with Gasteiger partial charge in [0.1, 0.15) is 11.4 Å². The van der Waals surface area contributed by atoms with Gasteiger partial charge in [0, 0.05) is 18.8 Å². The molecule has 0 heterocycles. The van der Waals surface area contributed by atoms with Crippen molar-refractivity contribution in [2.24, 2.45) is 0 Å². The van der Waals surface area contributed by atoms with Crippen LogP contribution in [0.3, 0.4) is 0 Å². The van der Waals surface area contributed by atoms with E-state index in [1.165, 1.54) is 55.6 Å².